The van der Waals surface area contributed by atoms with Gasteiger partial charge in [-0.05, 0) is 31.5 Å². The van der Waals surface area contributed by atoms with Gasteiger partial charge in [0.1, 0.15) is 19.7 Å². The fourth-order valence-electron chi connectivity index (χ4n) is 3.00. The van der Waals surface area contributed by atoms with Gasteiger partial charge in [0, 0.05) is 5.56 Å². The van der Waals surface area contributed by atoms with Gasteiger partial charge in [0.25, 0.3) is 0 Å². The zero-order chi connectivity index (χ0) is 18.9. The van der Waals surface area contributed by atoms with Crippen LogP contribution in [-0.4, -0.2) is 6.61 Å². The Bertz CT molecular complexity index is 829. The smallest absolute Gasteiger partial charge is 0.170 e. The predicted octanol–water partition coefficient (Wildman–Crippen LogP) is 4.24. The number of quaternary nitrogens is 1. The van der Waals surface area contributed by atoms with Crippen LogP contribution < -0.4 is 14.8 Å². The third-order valence-corrected chi connectivity index (χ3v) is 4.45. The molecule has 0 fully saturated rings. The normalized spacial score (nSPS) is 10.6. The zero-order valence-electron chi connectivity index (χ0n) is 16.2. The average Bonchev–Trinajstić information content (AvgIpc) is 2.70. The van der Waals surface area contributed by atoms with Crippen LogP contribution in [0.4, 0.5) is 0 Å². The summed E-state index contributed by atoms with van der Waals surface area (Å²) in [7, 11) is 0. The van der Waals surface area contributed by atoms with Crippen molar-refractivity contribution in [1.29, 1.82) is 0 Å². The molecule has 0 spiro atoms. The van der Waals surface area contributed by atoms with Crippen molar-refractivity contribution in [3.63, 3.8) is 0 Å². The Labute approximate surface area is 162 Å². The number of nitrogens with two attached hydrogens (primary N) is 1. The Morgan fingerprint density at radius 3 is 2.26 bits per heavy atom. The lowest BCUT2D eigenvalue weighted by Crippen LogP contribution is -2.80. The molecule has 27 heavy (non-hydrogen) atoms. The van der Waals surface area contributed by atoms with E-state index in [-0.39, 0.29) is 0 Å². The van der Waals surface area contributed by atoms with Crippen LogP contribution in [0.1, 0.15) is 29.2 Å². The molecule has 0 saturated carbocycles. The quantitative estimate of drug-likeness (QED) is 0.618. The summed E-state index contributed by atoms with van der Waals surface area (Å²) >= 11 is 0. The van der Waals surface area contributed by atoms with Crippen molar-refractivity contribution in [2.45, 2.75) is 33.5 Å². The molecule has 0 bridgehead atoms. The summed E-state index contributed by atoms with van der Waals surface area (Å²) in [5.74, 6) is 1.66. The fraction of sp³-hybridized carbons (Fsp3) is 0.250. The van der Waals surface area contributed by atoms with Crippen molar-refractivity contribution in [1.82, 2.24) is 0 Å². The molecule has 0 amide bonds. The summed E-state index contributed by atoms with van der Waals surface area (Å²) in [5.41, 5.74) is 4.93. The lowest BCUT2D eigenvalue weighted by atomic mass is 10.1. The Morgan fingerprint density at radius 1 is 0.741 bits per heavy atom. The van der Waals surface area contributed by atoms with Gasteiger partial charge in [0.2, 0.25) is 0 Å². The van der Waals surface area contributed by atoms with Crippen LogP contribution in [0, 0.1) is 6.92 Å². The average molecular weight is 362 g/mol. The molecule has 140 valence electrons. The highest BCUT2D eigenvalue weighted by molar-refractivity contribution is 5.46. The molecule has 0 saturated heterocycles. The minimum absolute atomic E-state index is 0.538. The minimum Gasteiger partial charge on any atom is -0.490 e. The SMILES string of the molecule is CCOc1cccc(C[NH2+]Cc2ccc(C)cc2)c1OCc1ccccc1. The second kappa shape index (κ2) is 9.79. The highest BCUT2D eigenvalue weighted by Gasteiger charge is 2.13. The molecule has 0 radical (unpaired) electrons. The van der Waals surface area contributed by atoms with E-state index in [1.807, 2.05) is 37.3 Å². The summed E-state index contributed by atoms with van der Waals surface area (Å²) in [5, 5.41) is 2.30. The first-order valence-electron chi connectivity index (χ1n) is 9.55. The van der Waals surface area contributed by atoms with E-state index in [1.165, 1.54) is 11.1 Å². The van der Waals surface area contributed by atoms with Crippen LogP contribution >= 0.6 is 0 Å². The van der Waals surface area contributed by atoms with Crippen molar-refractivity contribution in [3.05, 3.63) is 95.1 Å². The first kappa shape index (κ1) is 19.0. The molecule has 3 nitrogen and oxygen atoms in total. The summed E-state index contributed by atoms with van der Waals surface area (Å²) in [4.78, 5) is 0. The lowest BCUT2D eigenvalue weighted by molar-refractivity contribution is -0.686. The monoisotopic (exact) mass is 362 g/mol. The van der Waals surface area contributed by atoms with E-state index in [9.17, 15) is 0 Å². The molecule has 2 N–H and O–H groups in total. The molecular formula is C24H28NO2+. The largest absolute Gasteiger partial charge is 0.490 e. The van der Waals surface area contributed by atoms with Gasteiger partial charge in [-0.2, -0.15) is 0 Å². The Morgan fingerprint density at radius 2 is 1.52 bits per heavy atom. The Kier molecular flexibility index (Phi) is 6.89. The second-order valence-corrected chi connectivity index (χ2v) is 6.63. The number of benzene rings is 3. The second-order valence-electron chi connectivity index (χ2n) is 6.63. The molecule has 3 aromatic carbocycles. The highest BCUT2D eigenvalue weighted by atomic mass is 16.5. The number of rotatable bonds is 9. The van der Waals surface area contributed by atoms with Gasteiger partial charge < -0.3 is 14.8 Å². The van der Waals surface area contributed by atoms with E-state index < -0.39 is 0 Å². The van der Waals surface area contributed by atoms with Crippen LogP contribution in [0.3, 0.4) is 0 Å². The van der Waals surface area contributed by atoms with Crippen molar-refractivity contribution in [2.24, 2.45) is 0 Å². The maximum absolute atomic E-state index is 6.18. The Hall–Kier alpha value is -2.78. The van der Waals surface area contributed by atoms with Gasteiger partial charge in [-0.25, -0.2) is 0 Å². The molecule has 0 heterocycles. The zero-order valence-corrected chi connectivity index (χ0v) is 16.2. The summed E-state index contributed by atoms with van der Waals surface area (Å²) in [6, 6.07) is 25.1. The number of hydrogen-bond acceptors (Lipinski definition) is 2. The van der Waals surface area contributed by atoms with Crippen LogP contribution in [-0.2, 0) is 19.7 Å². The van der Waals surface area contributed by atoms with Gasteiger partial charge in [0.15, 0.2) is 11.5 Å². The summed E-state index contributed by atoms with van der Waals surface area (Å²) in [6.45, 7) is 7.06. The van der Waals surface area contributed by atoms with Crippen molar-refractivity contribution in [3.8, 4) is 11.5 Å². The summed E-state index contributed by atoms with van der Waals surface area (Å²) < 4.78 is 12.0. The predicted molar refractivity (Wildman–Crippen MR) is 109 cm³/mol. The highest BCUT2D eigenvalue weighted by Crippen LogP contribution is 2.31. The third-order valence-electron chi connectivity index (χ3n) is 4.45. The van der Waals surface area contributed by atoms with Crippen LogP contribution in [0.2, 0.25) is 0 Å². The standard InChI is InChI=1S/C24H27NO2/c1-3-26-23-11-7-10-22(17-25-16-20-14-12-19(2)13-15-20)24(23)27-18-21-8-5-4-6-9-21/h4-15,25H,3,16-18H2,1-2H3/p+1. The molecule has 0 aliphatic carbocycles. The van der Waals surface area contributed by atoms with Gasteiger partial charge in [0.05, 0.1) is 12.2 Å². The molecule has 3 heteroatoms. The number of ether oxygens (including phenoxy) is 2. The van der Waals surface area contributed by atoms with Crippen LogP contribution in [0.15, 0.2) is 72.8 Å². The first-order valence-corrected chi connectivity index (χ1v) is 9.55. The molecule has 0 aromatic heterocycles. The topological polar surface area (TPSA) is 35.1 Å². The number of aryl methyl sites for hydroxylation is 1. The molecule has 3 aromatic rings. The van der Waals surface area contributed by atoms with Crippen molar-refractivity contribution < 1.29 is 14.8 Å². The maximum atomic E-state index is 6.18. The van der Waals surface area contributed by atoms with E-state index in [4.69, 9.17) is 9.47 Å². The Balaban J connectivity index is 1.69. The van der Waals surface area contributed by atoms with E-state index in [1.54, 1.807) is 0 Å². The molecule has 0 atom stereocenters. The fourth-order valence-corrected chi connectivity index (χ4v) is 3.00. The maximum Gasteiger partial charge on any atom is 0.170 e. The molecular weight excluding hydrogens is 334 g/mol. The molecule has 3 rings (SSSR count). The number of para-hydroxylation sites is 1. The molecule has 0 unspecified atom stereocenters. The van der Waals surface area contributed by atoms with E-state index in [0.717, 1.165) is 35.7 Å². The summed E-state index contributed by atoms with van der Waals surface area (Å²) in [6.07, 6.45) is 0. The van der Waals surface area contributed by atoms with Gasteiger partial charge in [-0.3, -0.25) is 0 Å². The van der Waals surface area contributed by atoms with E-state index >= 15 is 0 Å². The van der Waals surface area contributed by atoms with Crippen LogP contribution in [0.5, 0.6) is 11.5 Å². The first-order chi connectivity index (χ1) is 13.3. The van der Waals surface area contributed by atoms with Crippen LogP contribution in [0.25, 0.3) is 0 Å². The van der Waals surface area contributed by atoms with Gasteiger partial charge >= 0.3 is 0 Å². The third kappa shape index (κ3) is 5.60. The van der Waals surface area contributed by atoms with Gasteiger partial charge in [-0.1, -0.05) is 66.2 Å². The van der Waals surface area contributed by atoms with E-state index in [0.29, 0.717) is 13.2 Å². The number of hydrogen-bond donors (Lipinski definition) is 1. The molecule has 0 aliphatic heterocycles. The van der Waals surface area contributed by atoms with E-state index in [2.05, 4.69) is 54.7 Å². The van der Waals surface area contributed by atoms with Gasteiger partial charge in [-0.15, -0.1) is 0 Å². The minimum atomic E-state index is 0.538. The molecule has 0 aliphatic rings. The lowest BCUT2D eigenvalue weighted by Gasteiger charge is -2.15. The van der Waals surface area contributed by atoms with Crippen molar-refractivity contribution in [2.75, 3.05) is 6.61 Å². The van der Waals surface area contributed by atoms with Crippen molar-refractivity contribution >= 4 is 0 Å².